The van der Waals surface area contributed by atoms with Crippen molar-refractivity contribution >= 4 is 49.3 Å². The Balaban J connectivity index is 0.000000260. The van der Waals surface area contributed by atoms with Crippen LogP contribution in [0.1, 0.15) is 83.9 Å². The average Bonchev–Trinajstić information content (AvgIpc) is 3.39. The molecule has 0 saturated carbocycles. The Hall–Kier alpha value is -3.86. The number of carbonyl (C=O) groups excluding carboxylic acids is 1. The molecular formula is C43H50IrN3O2-. The monoisotopic (exact) mass is 833 g/mol. The van der Waals surface area contributed by atoms with Crippen LogP contribution in [0.5, 0.6) is 0 Å². The quantitative estimate of drug-likeness (QED) is 0.0942. The largest absolute Gasteiger partial charge is 0.512 e. The van der Waals surface area contributed by atoms with Crippen LogP contribution in [0.2, 0.25) is 0 Å². The third kappa shape index (κ3) is 6.96. The predicted molar refractivity (Wildman–Crippen MR) is 203 cm³/mol. The van der Waals surface area contributed by atoms with E-state index in [0.29, 0.717) is 0 Å². The second-order valence-corrected chi connectivity index (χ2v) is 14.0. The first-order chi connectivity index (χ1) is 22.8. The number of rotatable bonds is 8. The Bertz CT molecular complexity index is 2190. The summed E-state index contributed by atoms with van der Waals surface area (Å²) in [6.07, 6.45) is 6.44. The number of nitrogens with zero attached hydrogens (tertiary/aromatic N) is 3. The first-order valence-corrected chi connectivity index (χ1v) is 17.3. The zero-order valence-electron chi connectivity index (χ0n) is 30.7. The van der Waals surface area contributed by atoms with Gasteiger partial charge in [-0.15, -0.1) is 29.1 Å². The number of aliphatic hydroxyl groups is 1. The summed E-state index contributed by atoms with van der Waals surface area (Å²) in [6, 6.07) is 23.2. The molecular weight excluding hydrogens is 783 g/mol. The van der Waals surface area contributed by atoms with Gasteiger partial charge in [0.15, 0.2) is 5.78 Å². The molecule has 0 fully saturated rings. The van der Waals surface area contributed by atoms with E-state index < -0.39 is 0 Å². The summed E-state index contributed by atoms with van der Waals surface area (Å²) in [5.74, 6) is 0.286. The number of fused-ring (bicyclic) bond motifs is 6. The Morgan fingerprint density at radius 1 is 0.837 bits per heavy atom. The summed E-state index contributed by atoms with van der Waals surface area (Å²) in [5, 5.41) is 16.2. The molecule has 0 spiro atoms. The van der Waals surface area contributed by atoms with E-state index in [0.717, 1.165) is 58.7 Å². The van der Waals surface area contributed by atoms with E-state index in [1.54, 1.807) is 6.33 Å². The first kappa shape index (κ1) is 37.9. The van der Waals surface area contributed by atoms with Gasteiger partial charge in [-0.2, -0.15) is 0 Å². The maximum absolute atomic E-state index is 12.2. The zero-order valence-corrected chi connectivity index (χ0v) is 33.1. The molecule has 2 aromatic heterocycles. The van der Waals surface area contributed by atoms with Gasteiger partial charge in [0.05, 0.1) is 16.6 Å². The first-order valence-electron chi connectivity index (χ1n) is 17.3. The number of ketones is 1. The molecule has 0 saturated heterocycles. The number of aromatic nitrogens is 3. The predicted octanol–water partition coefficient (Wildman–Crippen LogP) is 11.5. The standard InChI is InChI=1S/C28H22N3.C15H28O2.Ir/c1-16-11-17(2)24-18(3)13-21(14-20(24)12-16)25-28-26(30-15-29-25)23-10-9-19-7-5-6-8-22(19)27(23)31(28)4;1-7-14(5,8-2)12(16)11-13(17)15(6,9-3)10-4;/h5-13,15H,1-4H3;11,16H,7-10H2,1-6H3;/q-1;;/b;12-11-;. The number of benzene rings is 4. The minimum atomic E-state index is -0.337. The van der Waals surface area contributed by atoms with Crippen molar-refractivity contribution in [1.29, 1.82) is 0 Å². The van der Waals surface area contributed by atoms with Crippen molar-refractivity contribution in [2.24, 2.45) is 17.9 Å². The number of allylic oxidation sites excluding steroid dienone is 2. The van der Waals surface area contributed by atoms with Crippen molar-refractivity contribution in [2.45, 2.75) is 88.0 Å². The van der Waals surface area contributed by atoms with Crippen LogP contribution in [0, 0.1) is 37.7 Å². The molecule has 6 rings (SSSR count). The molecule has 2 heterocycles. The van der Waals surface area contributed by atoms with Gasteiger partial charge in [-0.1, -0.05) is 113 Å². The fraction of sp³-hybridized carbons (Fsp3) is 0.372. The molecule has 1 N–H and O–H groups in total. The second kappa shape index (κ2) is 14.9. The fourth-order valence-corrected chi connectivity index (χ4v) is 6.88. The van der Waals surface area contributed by atoms with Crippen LogP contribution >= 0.6 is 0 Å². The van der Waals surface area contributed by atoms with Crippen molar-refractivity contribution in [1.82, 2.24) is 14.5 Å². The number of hydrogen-bond donors (Lipinski definition) is 1. The maximum Gasteiger partial charge on any atom is 0.164 e. The topological polar surface area (TPSA) is 68.0 Å². The van der Waals surface area contributed by atoms with Crippen LogP contribution in [0.3, 0.4) is 0 Å². The molecule has 0 amide bonds. The zero-order chi connectivity index (χ0) is 35.0. The molecule has 0 atom stereocenters. The van der Waals surface area contributed by atoms with Crippen LogP contribution in [-0.2, 0) is 31.9 Å². The van der Waals surface area contributed by atoms with Crippen LogP contribution in [0.4, 0.5) is 0 Å². The molecule has 0 unspecified atom stereocenters. The molecule has 6 heteroatoms. The summed E-state index contributed by atoms with van der Waals surface area (Å²) < 4.78 is 2.25. The van der Waals surface area contributed by atoms with E-state index in [2.05, 4.69) is 93.0 Å². The van der Waals surface area contributed by atoms with Gasteiger partial charge in [0.2, 0.25) is 0 Å². The molecule has 259 valence electrons. The number of aryl methyl sites for hydroxylation is 4. The summed E-state index contributed by atoms with van der Waals surface area (Å²) >= 11 is 0. The third-order valence-electron chi connectivity index (χ3n) is 11.0. The van der Waals surface area contributed by atoms with Gasteiger partial charge in [-0.25, -0.2) is 4.98 Å². The van der Waals surface area contributed by atoms with Crippen LogP contribution in [0.25, 0.3) is 54.7 Å². The Kier molecular flexibility index (Phi) is 11.6. The van der Waals surface area contributed by atoms with Gasteiger partial charge >= 0.3 is 0 Å². The summed E-state index contributed by atoms with van der Waals surface area (Å²) in [4.78, 5) is 21.6. The summed E-state index contributed by atoms with van der Waals surface area (Å²) in [7, 11) is 2.12. The summed E-state index contributed by atoms with van der Waals surface area (Å²) in [6.45, 7) is 18.6. The molecule has 0 aliphatic heterocycles. The summed E-state index contributed by atoms with van der Waals surface area (Å²) in [5.41, 5.74) is 8.36. The smallest absolute Gasteiger partial charge is 0.164 e. The van der Waals surface area contributed by atoms with Gasteiger partial charge in [-0.05, 0) is 44.9 Å². The van der Waals surface area contributed by atoms with Crippen molar-refractivity contribution in [2.75, 3.05) is 0 Å². The van der Waals surface area contributed by atoms with Crippen LogP contribution in [-0.4, -0.2) is 25.4 Å². The van der Waals surface area contributed by atoms with E-state index in [-0.39, 0.29) is 42.5 Å². The fourth-order valence-electron chi connectivity index (χ4n) is 6.88. The normalized spacial score (nSPS) is 12.3. The van der Waals surface area contributed by atoms with Gasteiger partial charge in [0, 0.05) is 60.5 Å². The number of hydrogen-bond acceptors (Lipinski definition) is 4. The van der Waals surface area contributed by atoms with Gasteiger partial charge < -0.3 is 9.67 Å². The van der Waals surface area contributed by atoms with E-state index in [1.165, 1.54) is 44.4 Å². The van der Waals surface area contributed by atoms with E-state index in [1.807, 2.05) is 41.5 Å². The van der Waals surface area contributed by atoms with Crippen LogP contribution in [0.15, 0.2) is 72.8 Å². The number of carbonyl (C=O) groups is 1. The molecule has 4 aromatic carbocycles. The van der Waals surface area contributed by atoms with Crippen molar-refractivity contribution in [3.05, 3.63) is 95.5 Å². The Morgan fingerprint density at radius 3 is 2.12 bits per heavy atom. The third-order valence-corrected chi connectivity index (χ3v) is 11.0. The van der Waals surface area contributed by atoms with Crippen molar-refractivity contribution < 1.29 is 30.0 Å². The molecule has 1 radical (unpaired) electrons. The van der Waals surface area contributed by atoms with Gasteiger partial charge in [0.1, 0.15) is 12.1 Å². The molecule has 49 heavy (non-hydrogen) atoms. The van der Waals surface area contributed by atoms with Crippen molar-refractivity contribution in [3.63, 3.8) is 0 Å². The van der Waals surface area contributed by atoms with E-state index in [4.69, 9.17) is 9.97 Å². The van der Waals surface area contributed by atoms with Crippen LogP contribution < -0.4 is 0 Å². The Labute approximate surface area is 305 Å². The average molecular weight is 833 g/mol. The van der Waals surface area contributed by atoms with Gasteiger partial charge in [-0.3, -0.25) is 9.78 Å². The second-order valence-electron chi connectivity index (χ2n) is 14.0. The minimum absolute atomic E-state index is 0. The molecule has 0 bridgehead atoms. The molecule has 0 aliphatic carbocycles. The SMILES string of the molecule is CCC(C)(CC)C(=O)/C=C(\O)C(C)(CC)CC.Cc1cc(C)c2c(C)cc(-c3ncnc4c5ccc6ccccc6c5n(C)c34)[c-]c2c1.[Ir]. The molecule has 0 aliphatic rings. The molecule has 5 nitrogen and oxygen atoms in total. The van der Waals surface area contributed by atoms with Gasteiger partial charge in [0.25, 0.3) is 0 Å². The van der Waals surface area contributed by atoms with E-state index >= 15 is 0 Å². The Morgan fingerprint density at radius 2 is 1.47 bits per heavy atom. The van der Waals surface area contributed by atoms with E-state index in [9.17, 15) is 9.90 Å². The maximum atomic E-state index is 12.2. The van der Waals surface area contributed by atoms with Crippen molar-refractivity contribution in [3.8, 4) is 11.3 Å². The molecule has 6 aromatic rings. The minimum Gasteiger partial charge on any atom is -0.512 e. The number of aliphatic hydroxyl groups excluding tert-OH is 1.